The number of thiophene rings is 1. The van der Waals surface area contributed by atoms with Crippen LogP contribution in [-0.2, 0) is 4.74 Å². The molecule has 128 valence electrons. The van der Waals surface area contributed by atoms with Crippen LogP contribution in [0.4, 0.5) is 0 Å². The smallest absolute Gasteiger partial charge is 0.348 e. The topological polar surface area (TPSA) is 55.4 Å². The summed E-state index contributed by atoms with van der Waals surface area (Å²) in [6.45, 7) is 2.25. The first kappa shape index (κ1) is 17.4. The van der Waals surface area contributed by atoms with Gasteiger partial charge in [0.2, 0.25) is 0 Å². The van der Waals surface area contributed by atoms with E-state index in [4.69, 9.17) is 4.74 Å². The molecule has 1 amide bonds. The first-order chi connectivity index (χ1) is 11.5. The monoisotopic (exact) mass is 409 g/mol. The van der Waals surface area contributed by atoms with Crippen LogP contribution in [0.25, 0.3) is 10.1 Å². The van der Waals surface area contributed by atoms with Gasteiger partial charge < -0.3 is 10.1 Å². The predicted octanol–water partition coefficient (Wildman–Crippen LogP) is 4.76. The minimum Gasteiger partial charge on any atom is -0.465 e. The zero-order valence-corrected chi connectivity index (χ0v) is 16.1. The van der Waals surface area contributed by atoms with Gasteiger partial charge in [-0.1, -0.05) is 19.1 Å². The highest BCUT2D eigenvalue weighted by molar-refractivity contribution is 9.10. The molecular formula is C18H20BrNO3S. The second kappa shape index (κ2) is 7.23. The lowest BCUT2D eigenvalue weighted by atomic mass is 9.87. The maximum absolute atomic E-state index is 12.9. The number of halogens is 1. The molecule has 0 aliphatic heterocycles. The largest absolute Gasteiger partial charge is 0.465 e. The fraction of sp³-hybridized carbons (Fsp3) is 0.444. The SMILES string of the molecule is COC(=O)c1sc2c(Br)cccc2c1C(=O)NC1CCC(C)CC1. The number of carbonyl (C=O) groups is 2. The van der Waals surface area contributed by atoms with Gasteiger partial charge >= 0.3 is 5.97 Å². The van der Waals surface area contributed by atoms with Gasteiger partial charge in [0.05, 0.1) is 17.4 Å². The molecule has 1 aromatic carbocycles. The lowest BCUT2D eigenvalue weighted by Gasteiger charge is -2.27. The number of esters is 1. The fourth-order valence-corrected chi connectivity index (χ4v) is 4.94. The second-order valence-corrected chi connectivity index (χ2v) is 8.22. The summed E-state index contributed by atoms with van der Waals surface area (Å²) >= 11 is 4.79. The summed E-state index contributed by atoms with van der Waals surface area (Å²) in [7, 11) is 1.34. The zero-order valence-electron chi connectivity index (χ0n) is 13.7. The molecule has 24 heavy (non-hydrogen) atoms. The van der Waals surface area contributed by atoms with Gasteiger partial charge in [0, 0.05) is 15.9 Å². The van der Waals surface area contributed by atoms with Crippen molar-refractivity contribution in [3.63, 3.8) is 0 Å². The standard InChI is InChI=1S/C18H20BrNO3S/c1-10-6-8-11(9-7-10)20-17(21)14-12-4-3-5-13(19)15(12)24-16(14)18(22)23-2/h3-5,10-11H,6-9H2,1-2H3,(H,20,21). The molecule has 1 N–H and O–H groups in total. The average molecular weight is 410 g/mol. The Balaban J connectivity index is 1.96. The number of fused-ring (bicyclic) bond motifs is 1. The normalized spacial score (nSPS) is 20.8. The Morgan fingerprint density at radius 2 is 1.96 bits per heavy atom. The van der Waals surface area contributed by atoms with Gasteiger partial charge in [-0.05, 0) is 53.6 Å². The van der Waals surface area contributed by atoms with E-state index in [1.54, 1.807) is 0 Å². The summed E-state index contributed by atoms with van der Waals surface area (Å²) in [5.41, 5.74) is 0.432. The summed E-state index contributed by atoms with van der Waals surface area (Å²) in [5, 5.41) is 3.91. The molecular weight excluding hydrogens is 390 g/mol. The third kappa shape index (κ3) is 3.35. The highest BCUT2D eigenvalue weighted by Crippen LogP contribution is 2.37. The molecule has 1 saturated carbocycles. The van der Waals surface area contributed by atoms with E-state index in [9.17, 15) is 9.59 Å². The molecule has 1 aliphatic carbocycles. The van der Waals surface area contributed by atoms with E-state index in [0.717, 1.165) is 46.2 Å². The van der Waals surface area contributed by atoms with Crippen LogP contribution in [0.5, 0.6) is 0 Å². The van der Waals surface area contributed by atoms with Crippen molar-refractivity contribution in [3.05, 3.63) is 33.1 Å². The van der Waals surface area contributed by atoms with Gasteiger partial charge in [0.1, 0.15) is 4.88 Å². The molecule has 3 rings (SSSR count). The number of rotatable bonds is 3. The highest BCUT2D eigenvalue weighted by atomic mass is 79.9. The van der Waals surface area contributed by atoms with E-state index in [2.05, 4.69) is 28.2 Å². The third-order valence-corrected chi connectivity index (χ3v) is 6.76. The minimum atomic E-state index is -0.467. The molecule has 0 bridgehead atoms. The average Bonchev–Trinajstić information content (AvgIpc) is 2.97. The van der Waals surface area contributed by atoms with Gasteiger partial charge in [-0.2, -0.15) is 0 Å². The van der Waals surface area contributed by atoms with E-state index in [1.165, 1.54) is 18.4 Å². The molecule has 1 heterocycles. The molecule has 0 radical (unpaired) electrons. The lowest BCUT2D eigenvalue weighted by molar-refractivity contribution is 0.0602. The van der Waals surface area contributed by atoms with E-state index in [-0.39, 0.29) is 11.9 Å². The quantitative estimate of drug-likeness (QED) is 0.743. The van der Waals surface area contributed by atoms with Gasteiger partial charge in [-0.3, -0.25) is 4.79 Å². The van der Waals surface area contributed by atoms with Gasteiger partial charge in [0.15, 0.2) is 0 Å². The van der Waals surface area contributed by atoms with E-state index in [0.29, 0.717) is 10.4 Å². The number of nitrogens with one attached hydrogen (secondary N) is 1. The second-order valence-electron chi connectivity index (χ2n) is 6.34. The first-order valence-electron chi connectivity index (χ1n) is 8.11. The molecule has 0 spiro atoms. The van der Waals surface area contributed by atoms with Gasteiger partial charge in [-0.25, -0.2) is 4.79 Å². The van der Waals surface area contributed by atoms with Crippen molar-refractivity contribution in [3.8, 4) is 0 Å². The fourth-order valence-electron chi connectivity index (χ4n) is 3.21. The number of carbonyl (C=O) groups excluding carboxylic acids is 2. The van der Waals surface area contributed by atoms with Crippen molar-refractivity contribution in [2.75, 3.05) is 7.11 Å². The predicted molar refractivity (Wildman–Crippen MR) is 99.8 cm³/mol. The Kier molecular flexibility index (Phi) is 5.25. The van der Waals surface area contributed by atoms with Crippen LogP contribution < -0.4 is 5.32 Å². The van der Waals surface area contributed by atoms with Crippen molar-refractivity contribution in [2.45, 2.75) is 38.6 Å². The van der Waals surface area contributed by atoms with E-state index < -0.39 is 5.97 Å². The maximum atomic E-state index is 12.9. The van der Waals surface area contributed by atoms with Crippen molar-refractivity contribution in [1.82, 2.24) is 5.32 Å². The Morgan fingerprint density at radius 1 is 1.25 bits per heavy atom. The van der Waals surface area contributed by atoms with Crippen LogP contribution in [-0.4, -0.2) is 25.0 Å². The Bertz CT molecular complexity index is 778. The number of benzene rings is 1. The van der Waals surface area contributed by atoms with Gasteiger partial charge in [0.25, 0.3) is 5.91 Å². The molecule has 2 aromatic rings. The summed E-state index contributed by atoms with van der Waals surface area (Å²) in [6.07, 6.45) is 4.24. The van der Waals surface area contributed by atoms with Crippen molar-refractivity contribution < 1.29 is 14.3 Å². The number of amides is 1. The number of ether oxygens (including phenoxy) is 1. The zero-order chi connectivity index (χ0) is 17.3. The molecule has 4 nitrogen and oxygen atoms in total. The molecule has 0 unspecified atom stereocenters. The molecule has 1 fully saturated rings. The van der Waals surface area contributed by atoms with Crippen LogP contribution in [0.15, 0.2) is 22.7 Å². The number of methoxy groups -OCH3 is 1. The summed E-state index contributed by atoms with van der Waals surface area (Å²) in [4.78, 5) is 25.4. The number of hydrogen-bond donors (Lipinski definition) is 1. The molecule has 1 aromatic heterocycles. The Labute approximate surface area is 153 Å². The Morgan fingerprint density at radius 3 is 2.62 bits per heavy atom. The summed E-state index contributed by atoms with van der Waals surface area (Å²) < 4.78 is 6.64. The Hall–Kier alpha value is -1.40. The molecule has 1 aliphatic rings. The van der Waals surface area contributed by atoms with Gasteiger partial charge in [-0.15, -0.1) is 11.3 Å². The minimum absolute atomic E-state index is 0.181. The van der Waals surface area contributed by atoms with Crippen molar-refractivity contribution in [2.24, 2.45) is 5.92 Å². The summed E-state index contributed by atoms with van der Waals surface area (Å²) in [5.74, 6) is 0.0755. The maximum Gasteiger partial charge on any atom is 0.348 e. The van der Waals surface area contributed by atoms with Crippen LogP contribution in [0.2, 0.25) is 0 Å². The van der Waals surface area contributed by atoms with Crippen molar-refractivity contribution in [1.29, 1.82) is 0 Å². The summed E-state index contributed by atoms with van der Waals surface area (Å²) in [6, 6.07) is 5.84. The van der Waals surface area contributed by atoms with E-state index >= 15 is 0 Å². The van der Waals surface area contributed by atoms with Crippen LogP contribution in [0.1, 0.15) is 52.6 Å². The first-order valence-corrected chi connectivity index (χ1v) is 9.72. The lowest BCUT2D eigenvalue weighted by Crippen LogP contribution is -2.37. The highest BCUT2D eigenvalue weighted by Gasteiger charge is 2.27. The third-order valence-electron chi connectivity index (χ3n) is 4.62. The molecule has 6 heteroatoms. The molecule has 0 saturated heterocycles. The van der Waals surface area contributed by atoms with Crippen LogP contribution in [0, 0.1) is 5.92 Å². The van der Waals surface area contributed by atoms with E-state index in [1.807, 2.05) is 18.2 Å². The van der Waals surface area contributed by atoms with Crippen molar-refractivity contribution >= 4 is 49.2 Å². The van der Waals surface area contributed by atoms with Crippen LogP contribution in [0.3, 0.4) is 0 Å². The molecule has 0 atom stereocenters. The van der Waals surface area contributed by atoms with Crippen LogP contribution >= 0.6 is 27.3 Å². The number of hydrogen-bond acceptors (Lipinski definition) is 4.